The summed E-state index contributed by atoms with van der Waals surface area (Å²) in [5.41, 5.74) is 0.614. The molecular weight excluding hydrogens is 214 g/mol. The lowest BCUT2D eigenvalue weighted by Crippen LogP contribution is -2.36. The van der Waals surface area contributed by atoms with Crippen LogP contribution < -0.4 is 10.1 Å². The summed E-state index contributed by atoms with van der Waals surface area (Å²) >= 11 is 0. The van der Waals surface area contributed by atoms with Crippen LogP contribution in [0, 0.1) is 5.41 Å². The number of rotatable bonds is 3. The Morgan fingerprint density at radius 2 is 1.88 bits per heavy atom. The second-order valence-corrected chi connectivity index (χ2v) is 5.19. The van der Waals surface area contributed by atoms with Crippen molar-refractivity contribution in [2.45, 2.75) is 33.7 Å². The summed E-state index contributed by atoms with van der Waals surface area (Å²) in [6.45, 7) is 7.66. The van der Waals surface area contributed by atoms with Gasteiger partial charge in [0, 0.05) is 11.0 Å². The normalized spacial score (nSPS) is 13.0. The Hall–Kier alpha value is -1.51. The zero-order valence-electron chi connectivity index (χ0n) is 11.2. The molecule has 1 amide bonds. The summed E-state index contributed by atoms with van der Waals surface area (Å²) in [4.78, 5) is 11.9. The average molecular weight is 235 g/mol. The van der Waals surface area contributed by atoms with Crippen LogP contribution in [-0.2, 0) is 4.79 Å². The van der Waals surface area contributed by atoms with E-state index in [2.05, 4.69) is 5.32 Å². The van der Waals surface area contributed by atoms with Crippen LogP contribution in [0.15, 0.2) is 24.3 Å². The number of hydrogen-bond donors (Lipinski definition) is 1. The minimum Gasteiger partial charge on any atom is -0.496 e. The van der Waals surface area contributed by atoms with Gasteiger partial charge in [-0.1, -0.05) is 39.0 Å². The third-order valence-corrected chi connectivity index (χ3v) is 2.63. The zero-order valence-corrected chi connectivity index (χ0v) is 11.2. The molecule has 1 unspecified atom stereocenters. The molecule has 3 nitrogen and oxygen atoms in total. The maximum atomic E-state index is 11.9. The highest BCUT2D eigenvalue weighted by molar-refractivity contribution is 5.81. The minimum absolute atomic E-state index is 0.0379. The Morgan fingerprint density at radius 1 is 1.29 bits per heavy atom. The molecule has 1 N–H and O–H groups in total. The highest BCUT2D eigenvalue weighted by atomic mass is 16.5. The molecule has 94 valence electrons. The van der Waals surface area contributed by atoms with Gasteiger partial charge in [-0.2, -0.15) is 0 Å². The number of ether oxygens (including phenoxy) is 1. The first kappa shape index (κ1) is 13.6. The number of carbonyl (C=O) groups excluding carboxylic acids is 1. The van der Waals surface area contributed by atoms with Gasteiger partial charge in [0.1, 0.15) is 5.75 Å². The molecule has 1 atom stereocenters. The number of carbonyl (C=O) groups is 1. The van der Waals surface area contributed by atoms with Crippen molar-refractivity contribution in [3.63, 3.8) is 0 Å². The first-order valence-electron chi connectivity index (χ1n) is 5.80. The van der Waals surface area contributed by atoms with Crippen molar-refractivity contribution >= 4 is 5.91 Å². The predicted molar refractivity (Wildman–Crippen MR) is 69.0 cm³/mol. The molecule has 1 aromatic rings. The van der Waals surface area contributed by atoms with Crippen LogP contribution in [-0.4, -0.2) is 13.0 Å². The molecule has 0 aliphatic rings. The Labute approximate surface area is 103 Å². The van der Waals surface area contributed by atoms with Gasteiger partial charge in [-0.3, -0.25) is 4.79 Å². The number of hydrogen-bond acceptors (Lipinski definition) is 2. The highest BCUT2D eigenvalue weighted by Gasteiger charge is 2.23. The molecule has 0 aromatic heterocycles. The molecule has 0 saturated heterocycles. The minimum atomic E-state index is -0.379. The second-order valence-electron chi connectivity index (χ2n) is 5.19. The molecule has 0 aliphatic heterocycles. The van der Waals surface area contributed by atoms with Crippen LogP contribution in [0.2, 0.25) is 0 Å². The summed E-state index contributed by atoms with van der Waals surface area (Å²) in [7, 11) is 1.64. The van der Waals surface area contributed by atoms with E-state index in [4.69, 9.17) is 4.74 Å². The predicted octanol–water partition coefficient (Wildman–Crippen LogP) is 2.92. The fourth-order valence-corrected chi connectivity index (χ4v) is 1.52. The van der Waals surface area contributed by atoms with E-state index in [1.54, 1.807) is 7.11 Å². The number of benzene rings is 1. The van der Waals surface area contributed by atoms with Crippen LogP contribution in [0.4, 0.5) is 0 Å². The van der Waals surface area contributed by atoms with Gasteiger partial charge < -0.3 is 10.1 Å². The smallest absolute Gasteiger partial charge is 0.225 e. The molecule has 17 heavy (non-hydrogen) atoms. The molecule has 0 saturated carbocycles. The lowest BCUT2D eigenvalue weighted by molar-refractivity contribution is -0.129. The standard InChI is InChI=1S/C14H21NO2/c1-10(15-13(16)14(2,3)4)11-8-6-7-9-12(11)17-5/h6-10H,1-5H3,(H,15,16). The molecular formula is C14H21NO2. The summed E-state index contributed by atoms with van der Waals surface area (Å²) in [5, 5.41) is 2.99. The molecule has 3 heteroatoms. The molecule has 0 radical (unpaired) electrons. The van der Waals surface area contributed by atoms with Gasteiger partial charge >= 0.3 is 0 Å². The van der Waals surface area contributed by atoms with Crippen LogP contribution >= 0.6 is 0 Å². The Bertz CT molecular complexity index is 393. The number of nitrogens with one attached hydrogen (secondary N) is 1. The van der Waals surface area contributed by atoms with E-state index in [9.17, 15) is 4.79 Å². The Balaban J connectivity index is 2.83. The maximum absolute atomic E-state index is 11.9. The maximum Gasteiger partial charge on any atom is 0.225 e. The van der Waals surface area contributed by atoms with E-state index in [1.807, 2.05) is 52.0 Å². The molecule has 1 aromatic carbocycles. The summed E-state index contributed by atoms with van der Waals surface area (Å²) < 4.78 is 5.28. The Kier molecular flexibility index (Phi) is 4.16. The van der Waals surface area contributed by atoms with Crippen molar-refractivity contribution in [1.29, 1.82) is 0 Å². The van der Waals surface area contributed by atoms with E-state index >= 15 is 0 Å². The van der Waals surface area contributed by atoms with Crippen molar-refractivity contribution in [2.24, 2.45) is 5.41 Å². The van der Waals surface area contributed by atoms with E-state index in [0.29, 0.717) is 0 Å². The van der Waals surface area contributed by atoms with Crippen molar-refractivity contribution in [1.82, 2.24) is 5.32 Å². The summed E-state index contributed by atoms with van der Waals surface area (Å²) in [6.07, 6.45) is 0. The van der Waals surface area contributed by atoms with Crippen LogP contribution in [0.5, 0.6) is 5.75 Å². The topological polar surface area (TPSA) is 38.3 Å². The summed E-state index contributed by atoms with van der Waals surface area (Å²) in [6, 6.07) is 7.66. The van der Waals surface area contributed by atoms with Gasteiger partial charge in [-0.15, -0.1) is 0 Å². The van der Waals surface area contributed by atoms with Crippen molar-refractivity contribution in [3.8, 4) is 5.75 Å². The van der Waals surface area contributed by atoms with Gasteiger partial charge in [-0.05, 0) is 13.0 Å². The van der Waals surface area contributed by atoms with Crippen LogP contribution in [0.1, 0.15) is 39.3 Å². The van der Waals surface area contributed by atoms with Gasteiger partial charge in [-0.25, -0.2) is 0 Å². The van der Waals surface area contributed by atoms with Gasteiger partial charge in [0.15, 0.2) is 0 Å². The lowest BCUT2D eigenvalue weighted by Gasteiger charge is -2.23. The van der Waals surface area contributed by atoms with Gasteiger partial charge in [0.05, 0.1) is 13.2 Å². The average Bonchev–Trinajstić information content (AvgIpc) is 2.27. The number of para-hydroxylation sites is 1. The van der Waals surface area contributed by atoms with Crippen molar-refractivity contribution in [3.05, 3.63) is 29.8 Å². The zero-order chi connectivity index (χ0) is 13.1. The van der Waals surface area contributed by atoms with Gasteiger partial charge in [0.2, 0.25) is 5.91 Å². The quantitative estimate of drug-likeness (QED) is 0.874. The van der Waals surface area contributed by atoms with Crippen LogP contribution in [0.25, 0.3) is 0 Å². The van der Waals surface area contributed by atoms with Gasteiger partial charge in [0.25, 0.3) is 0 Å². The molecule has 0 heterocycles. The summed E-state index contributed by atoms with van der Waals surface area (Å²) in [5.74, 6) is 0.838. The second kappa shape index (κ2) is 5.21. The van der Waals surface area contributed by atoms with E-state index < -0.39 is 0 Å². The molecule has 0 bridgehead atoms. The molecule has 1 rings (SSSR count). The van der Waals surface area contributed by atoms with E-state index in [0.717, 1.165) is 11.3 Å². The SMILES string of the molecule is COc1ccccc1C(C)NC(=O)C(C)(C)C. The third kappa shape index (κ3) is 3.48. The lowest BCUT2D eigenvalue weighted by atomic mass is 9.94. The highest BCUT2D eigenvalue weighted by Crippen LogP contribution is 2.25. The largest absolute Gasteiger partial charge is 0.496 e. The fraction of sp³-hybridized carbons (Fsp3) is 0.500. The fourth-order valence-electron chi connectivity index (χ4n) is 1.52. The molecule has 0 aliphatic carbocycles. The van der Waals surface area contributed by atoms with Crippen LogP contribution in [0.3, 0.4) is 0 Å². The first-order valence-corrected chi connectivity index (χ1v) is 5.80. The number of amides is 1. The third-order valence-electron chi connectivity index (χ3n) is 2.63. The Morgan fingerprint density at radius 3 is 2.41 bits per heavy atom. The number of methoxy groups -OCH3 is 1. The van der Waals surface area contributed by atoms with Crippen molar-refractivity contribution in [2.75, 3.05) is 7.11 Å². The van der Waals surface area contributed by atoms with E-state index in [1.165, 1.54) is 0 Å². The first-order chi connectivity index (χ1) is 7.86. The van der Waals surface area contributed by atoms with E-state index in [-0.39, 0.29) is 17.4 Å². The monoisotopic (exact) mass is 235 g/mol. The van der Waals surface area contributed by atoms with Crippen molar-refractivity contribution < 1.29 is 9.53 Å². The molecule has 0 spiro atoms. The molecule has 0 fully saturated rings.